The second-order valence-electron chi connectivity index (χ2n) is 9.47. The Hall–Kier alpha value is -3.01. The van der Waals surface area contributed by atoms with Gasteiger partial charge in [0.05, 0.1) is 11.7 Å². The van der Waals surface area contributed by atoms with Crippen LogP contribution in [0.5, 0.6) is 5.75 Å². The van der Waals surface area contributed by atoms with E-state index < -0.39 is 39.0 Å². The molecule has 1 fully saturated rings. The predicted octanol–water partition coefficient (Wildman–Crippen LogP) is 4.98. The average molecular weight is 549 g/mol. The number of primary amides is 1. The van der Waals surface area contributed by atoms with Crippen molar-refractivity contribution in [1.29, 1.82) is 0 Å². The van der Waals surface area contributed by atoms with E-state index in [1.54, 1.807) is 6.07 Å². The van der Waals surface area contributed by atoms with E-state index in [-0.39, 0.29) is 41.3 Å². The van der Waals surface area contributed by atoms with Crippen molar-refractivity contribution in [3.05, 3.63) is 88.4 Å². The summed E-state index contributed by atoms with van der Waals surface area (Å²) >= 11 is 6.38. The van der Waals surface area contributed by atoms with Crippen molar-refractivity contribution in [1.82, 2.24) is 4.72 Å². The van der Waals surface area contributed by atoms with Gasteiger partial charge in [-0.25, -0.2) is 21.9 Å². The molecule has 0 heterocycles. The van der Waals surface area contributed by atoms with Crippen molar-refractivity contribution in [2.24, 2.45) is 11.1 Å². The van der Waals surface area contributed by atoms with Crippen molar-refractivity contribution < 1.29 is 26.7 Å². The van der Waals surface area contributed by atoms with E-state index in [2.05, 4.69) is 4.72 Å². The number of nitrogens with two attached hydrogens (primary N) is 1. The lowest BCUT2D eigenvalue weighted by atomic mass is 9.78. The first-order valence-corrected chi connectivity index (χ1v) is 13.9. The topological polar surface area (TPSA) is 98.5 Å². The molecule has 1 aliphatic carbocycles. The number of halogens is 3. The van der Waals surface area contributed by atoms with Crippen LogP contribution in [0.1, 0.15) is 30.4 Å². The second kappa shape index (κ2) is 10.8. The lowest BCUT2D eigenvalue weighted by molar-refractivity contribution is -0.127. The molecule has 1 aliphatic rings. The SMILES string of the molecule is CS(=O)(=O)N[C@H]1CC[C@](Cc2cc(-c3cccc(F)c3OCc3ccccc3)c(F)cc2Cl)(C(N)=O)C1. The number of benzene rings is 3. The van der Waals surface area contributed by atoms with E-state index in [0.29, 0.717) is 18.4 Å². The molecule has 0 unspecified atom stereocenters. The van der Waals surface area contributed by atoms with Crippen LogP contribution in [0.25, 0.3) is 11.1 Å². The Balaban J connectivity index is 1.68. The average Bonchev–Trinajstić information content (AvgIpc) is 3.23. The molecule has 0 aromatic heterocycles. The van der Waals surface area contributed by atoms with E-state index in [1.165, 1.54) is 18.2 Å². The highest BCUT2D eigenvalue weighted by Gasteiger charge is 2.45. The van der Waals surface area contributed by atoms with Crippen molar-refractivity contribution >= 4 is 27.5 Å². The number of hydrogen-bond donors (Lipinski definition) is 2. The normalized spacial score (nSPS) is 19.6. The molecule has 2 atom stereocenters. The lowest BCUT2D eigenvalue weighted by Crippen LogP contribution is -2.40. The van der Waals surface area contributed by atoms with E-state index in [0.717, 1.165) is 17.9 Å². The molecule has 4 rings (SSSR count). The Bertz CT molecular complexity index is 1420. The smallest absolute Gasteiger partial charge is 0.224 e. The molecule has 196 valence electrons. The number of para-hydroxylation sites is 1. The summed E-state index contributed by atoms with van der Waals surface area (Å²) in [5.74, 6) is -2.03. The standard InChI is InChI=1S/C27H27ClF2N2O4S/c1-37(34,35)32-19-10-11-27(15-19,26(31)33)14-18-12-21(24(30)13-22(18)28)20-8-5-9-23(29)25(20)36-16-17-6-3-2-4-7-17/h2-9,12-13,19,32H,10-11,14-16H2,1H3,(H2,31,33)/t19-,27+/m0/s1. The van der Waals surface area contributed by atoms with Gasteiger partial charge in [0.15, 0.2) is 11.6 Å². The van der Waals surface area contributed by atoms with Gasteiger partial charge in [-0.3, -0.25) is 4.79 Å². The fourth-order valence-corrected chi connectivity index (χ4v) is 5.92. The summed E-state index contributed by atoms with van der Waals surface area (Å²) in [4.78, 5) is 12.5. The molecule has 6 nitrogen and oxygen atoms in total. The van der Waals surface area contributed by atoms with E-state index in [1.807, 2.05) is 30.3 Å². The van der Waals surface area contributed by atoms with Gasteiger partial charge in [-0.15, -0.1) is 0 Å². The molecule has 3 N–H and O–H groups in total. The Kier molecular flexibility index (Phi) is 7.87. The van der Waals surface area contributed by atoms with Crippen LogP contribution in [0.3, 0.4) is 0 Å². The minimum atomic E-state index is -3.47. The maximum Gasteiger partial charge on any atom is 0.224 e. The van der Waals surface area contributed by atoms with E-state index >= 15 is 4.39 Å². The fraction of sp³-hybridized carbons (Fsp3) is 0.296. The first-order chi connectivity index (χ1) is 17.5. The number of rotatable bonds is 9. The summed E-state index contributed by atoms with van der Waals surface area (Å²) in [6, 6.07) is 15.6. The highest BCUT2D eigenvalue weighted by molar-refractivity contribution is 7.88. The second-order valence-corrected chi connectivity index (χ2v) is 11.7. The van der Waals surface area contributed by atoms with Gasteiger partial charge in [-0.1, -0.05) is 54.1 Å². The van der Waals surface area contributed by atoms with Crippen LogP contribution in [0.4, 0.5) is 8.78 Å². The number of hydrogen-bond acceptors (Lipinski definition) is 4. The van der Waals surface area contributed by atoms with Crippen molar-refractivity contribution in [2.45, 2.75) is 38.3 Å². The summed E-state index contributed by atoms with van der Waals surface area (Å²) in [5.41, 5.74) is 6.21. The quantitative estimate of drug-likeness (QED) is 0.394. The molecule has 0 aliphatic heterocycles. The van der Waals surface area contributed by atoms with Crippen LogP contribution >= 0.6 is 11.6 Å². The third-order valence-electron chi connectivity index (χ3n) is 6.66. The van der Waals surface area contributed by atoms with Crippen LogP contribution in [-0.2, 0) is 27.8 Å². The van der Waals surface area contributed by atoms with Crippen LogP contribution in [0.15, 0.2) is 60.7 Å². The van der Waals surface area contributed by atoms with Gasteiger partial charge in [0.25, 0.3) is 0 Å². The molecule has 3 aromatic rings. The Morgan fingerprint density at radius 1 is 1.11 bits per heavy atom. The summed E-state index contributed by atoms with van der Waals surface area (Å²) in [5, 5.41) is 0.0876. The zero-order valence-corrected chi connectivity index (χ0v) is 21.7. The first kappa shape index (κ1) is 27.0. The molecule has 1 saturated carbocycles. The first-order valence-electron chi connectivity index (χ1n) is 11.7. The number of sulfonamides is 1. The van der Waals surface area contributed by atoms with Gasteiger partial charge < -0.3 is 10.5 Å². The molecule has 37 heavy (non-hydrogen) atoms. The third-order valence-corrected chi connectivity index (χ3v) is 7.77. The molecule has 0 saturated heterocycles. The Labute approximate surface area is 219 Å². The zero-order valence-electron chi connectivity index (χ0n) is 20.1. The minimum absolute atomic E-state index is 0.0605. The molecule has 10 heteroatoms. The molecular formula is C27H27ClF2N2O4S. The Morgan fingerprint density at radius 3 is 2.51 bits per heavy atom. The maximum atomic E-state index is 15.2. The van der Waals surface area contributed by atoms with Gasteiger partial charge in [0, 0.05) is 22.2 Å². The van der Waals surface area contributed by atoms with Crippen molar-refractivity contribution in [2.75, 3.05) is 6.26 Å². The van der Waals surface area contributed by atoms with Crippen LogP contribution in [0, 0.1) is 17.0 Å². The number of carbonyl (C=O) groups is 1. The van der Waals surface area contributed by atoms with Crippen LogP contribution in [0.2, 0.25) is 5.02 Å². The number of amides is 1. The maximum absolute atomic E-state index is 15.2. The Morgan fingerprint density at radius 2 is 1.84 bits per heavy atom. The largest absolute Gasteiger partial charge is 0.485 e. The van der Waals surface area contributed by atoms with Gasteiger partial charge in [-0.05, 0) is 55.0 Å². The molecule has 1 amide bonds. The fourth-order valence-electron chi connectivity index (χ4n) is 4.90. The minimum Gasteiger partial charge on any atom is -0.485 e. The molecule has 3 aromatic carbocycles. The molecule has 0 radical (unpaired) electrons. The van der Waals surface area contributed by atoms with Crippen LogP contribution in [-0.4, -0.2) is 26.6 Å². The van der Waals surface area contributed by atoms with E-state index in [9.17, 15) is 17.6 Å². The number of carbonyl (C=O) groups excluding carboxylic acids is 1. The number of nitrogens with one attached hydrogen (secondary N) is 1. The monoisotopic (exact) mass is 548 g/mol. The summed E-state index contributed by atoms with van der Waals surface area (Å²) in [7, 11) is -3.47. The summed E-state index contributed by atoms with van der Waals surface area (Å²) < 4.78 is 61.7. The molecule has 0 bridgehead atoms. The van der Waals surface area contributed by atoms with Gasteiger partial charge in [0.1, 0.15) is 12.4 Å². The molecule has 0 spiro atoms. The van der Waals surface area contributed by atoms with Crippen molar-refractivity contribution in [3.63, 3.8) is 0 Å². The predicted molar refractivity (Wildman–Crippen MR) is 139 cm³/mol. The van der Waals surface area contributed by atoms with Crippen molar-refractivity contribution in [3.8, 4) is 16.9 Å². The van der Waals surface area contributed by atoms with Gasteiger partial charge in [-0.2, -0.15) is 0 Å². The van der Waals surface area contributed by atoms with Crippen LogP contribution < -0.4 is 15.2 Å². The highest BCUT2D eigenvalue weighted by Crippen LogP contribution is 2.44. The van der Waals surface area contributed by atoms with Gasteiger partial charge in [0.2, 0.25) is 15.9 Å². The van der Waals surface area contributed by atoms with E-state index in [4.69, 9.17) is 22.1 Å². The summed E-state index contributed by atoms with van der Waals surface area (Å²) in [6.07, 6.45) is 2.07. The van der Waals surface area contributed by atoms with Gasteiger partial charge >= 0.3 is 0 Å². The lowest BCUT2D eigenvalue weighted by Gasteiger charge is -2.27. The third kappa shape index (κ3) is 6.29. The summed E-state index contributed by atoms with van der Waals surface area (Å²) in [6.45, 7) is 0.0797. The highest BCUT2D eigenvalue weighted by atomic mass is 35.5. The zero-order chi connectivity index (χ0) is 26.8. The number of ether oxygens (including phenoxy) is 1. The molecular weight excluding hydrogens is 522 g/mol.